The zero-order valence-corrected chi connectivity index (χ0v) is 18.4. The average molecular weight is 440 g/mol. The monoisotopic (exact) mass is 440 g/mol. The SMILES string of the molecule is COC(=O)c1c(-c2cc(F)cc(OCCC(C)C)c2)nn(-c2ccccc2)c1C(=O)OC. The molecular weight excluding hydrogens is 415 g/mol. The van der Waals surface area contributed by atoms with Gasteiger partial charge in [0, 0.05) is 11.6 Å². The number of carbonyl (C=O) groups is 2. The van der Waals surface area contributed by atoms with Gasteiger partial charge in [-0.3, -0.25) is 0 Å². The number of aromatic nitrogens is 2. The number of methoxy groups -OCH3 is 2. The quantitative estimate of drug-likeness (QED) is 0.474. The summed E-state index contributed by atoms with van der Waals surface area (Å²) in [4.78, 5) is 25.3. The van der Waals surface area contributed by atoms with Crippen LogP contribution in [-0.4, -0.2) is 42.5 Å². The largest absolute Gasteiger partial charge is 0.493 e. The Morgan fingerprint density at radius 2 is 1.72 bits per heavy atom. The second-order valence-corrected chi connectivity index (χ2v) is 7.51. The van der Waals surface area contributed by atoms with Gasteiger partial charge in [0.15, 0.2) is 5.69 Å². The number of hydrogen-bond donors (Lipinski definition) is 0. The Hall–Kier alpha value is -3.68. The number of benzene rings is 2. The van der Waals surface area contributed by atoms with E-state index < -0.39 is 17.8 Å². The lowest BCUT2D eigenvalue weighted by Crippen LogP contribution is -2.15. The van der Waals surface area contributed by atoms with Crippen molar-refractivity contribution in [3.63, 3.8) is 0 Å². The highest BCUT2D eigenvalue weighted by Crippen LogP contribution is 2.32. The molecule has 0 bridgehead atoms. The van der Waals surface area contributed by atoms with Crippen molar-refractivity contribution in [1.29, 1.82) is 0 Å². The number of para-hydroxylation sites is 1. The normalized spacial score (nSPS) is 10.8. The second-order valence-electron chi connectivity index (χ2n) is 7.51. The molecule has 0 aliphatic heterocycles. The standard InChI is InChI=1S/C24H25FN2O5/c1-15(2)10-11-32-19-13-16(12-17(25)14-19)21-20(23(28)30-3)22(24(29)31-4)27(26-21)18-8-6-5-7-9-18/h5-9,12-15H,10-11H2,1-4H3. The summed E-state index contributed by atoms with van der Waals surface area (Å²) in [7, 11) is 2.40. The Labute approximate surface area is 185 Å². The fraction of sp³-hybridized carbons (Fsp3) is 0.292. The molecule has 0 fully saturated rings. The molecule has 0 saturated heterocycles. The van der Waals surface area contributed by atoms with Gasteiger partial charge in [0.05, 0.1) is 26.5 Å². The van der Waals surface area contributed by atoms with Gasteiger partial charge in [-0.1, -0.05) is 32.0 Å². The maximum atomic E-state index is 14.4. The van der Waals surface area contributed by atoms with E-state index in [0.29, 0.717) is 24.0 Å². The molecule has 0 unspecified atom stereocenters. The number of nitrogens with zero attached hydrogens (tertiary/aromatic N) is 2. The van der Waals surface area contributed by atoms with E-state index in [2.05, 4.69) is 18.9 Å². The van der Waals surface area contributed by atoms with E-state index in [1.165, 1.54) is 31.0 Å². The third-order valence-corrected chi connectivity index (χ3v) is 4.76. The topological polar surface area (TPSA) is 79.7 Å². The van der Waals surface area contributed by atoms with Crippen LogP contribution in [0.4, 0.5) is 4.39 Å². The van der Waals surface area contributed by atoms with E-state index >= 15 is 0 Å². The molecule has 0 aliphatic rings. The van der Waals surface area contributed by atoms with Crippen molar-refractivity contribution in [2.24, 2.45) is 5.92 Å². The summed E-state index contributed by atoms with van der Waals surface area (Å²) in [6.07, 6.45) is 0.800. The lowest BCUT2D eigenvalue weighted by atomic mass is 10.0. The van der Waals surface area contributed by atoms with E-state index in [0.717, 1.165) is 6.42 Å². The summed E-state index contributed by atoms with van der Waals surface area (Å²) in [6.45, 7) is 4.54. The summed E-state index contributed by atoms with van der Waals surface area (Å²) in [5, 5.41) is 4.47. The van der Waals surface area contributed by atoms with Gasteiger partial charge in [0.2, 0.25) is 0 Å². The third-order valence-electron chi connectivity index (χ3n) is 4.76. The minimum atomic E-state index is -0.797. The van der Waals surface area contributed by atoms with Crippen molar-refractivity contribution in [1.82, 2.24) is 9.78 Å². The van der Waals surface area contributed by atoms with Crippen LogP contribution in [0.2, 0.25) is 0 Å². The molecule has 0 amide bonds. The van der Waals surface area contributed by atoms with Gasteiger partial charge in [0.25, 0.3) is 0 Å². The Morgan fingerprint density at radius 1 is 1.03 bits per heavy atom. The Balaban J connectivity index is 2.20. The molecule has 3 rings (SSSR count). The van der Waals surface area contributed by atoms with Crippen LogP contribution in [-0.2, 0) is 9.47 Å². The number of ether oxygens (including phenoxy) is 3. The van der Waals surface area contributed by atoms with E-state index in [4.69, 9.17) is 14.2 Å². The van der Waals surface area contributed by atoms with Gasteiger partial charge in [0.1, 0.15) is 22.8 Å². The highest BCUT2D eigenvalue weighted by Gasteiger charge is 2.31. The third kappa shape index (κ3) is 4.96. The van der Waals surface area contributed by atoms with Crippen LogP contribution in [0.5, 0.6) is 5.75 Å². The summed E-state index contributed by atoms with van der Waals surface area (Å²) in [5.74, 6) is -1.41. The first-order chi connectivity index (χ1) is 15.3. The molecule has 32 heavy (non-hydrogen) atoms. The van der Waals surface area contributed by atoms with Crippen molar-refractivity contribution in [3.8, 4) is 22.7 Å². The smallest absolute Gasteiger partial charge is 0.357 e. The molecule has 0 N–H and O–H groups in total. The van der Waals surface area contributed by atoms with Crippen molar-refractivity contribution in [2.75, 3.05) is 20.8 Å². The number of esters is 2. The van der Waals surface area contributed by atoms with Crippen LogP contribution >= 0.6 is 0 Å². The first kappa shape index (κ1) is 23.0. The molecule has 168 valence electrons. The predicted molar refractivity (Wildman–Crippen MR) is 117 cm³/mol. The molecule has 0 radical (unpaired) electrons. The molecule has 3 aromatic rings. The van der Waals surface area contributed by atoms with E-state index in [1.807, 2.05) is 0 Å². The van der Waals surface area contributed by atoms with Crippen molar-refractivity contribution in [3.05, 3.63) is 65.6 Å². The molecule has 8 heteroatoms. The molecule has 0 spiro atoms. The fourth-order valence-electron chi connectivity index (χ4n) is 3.15. The maximum Gasteiger partial charge on any atom is 0.357 e. The van der Waals surface area contributed by atoms with Gasteiger partial charge in [-0.25, -0.2) is 18.7 Å². The average Bonchev–Trinajstić information content (AvgIpc) is 3.19. The summed E-state index contributed by atoms with van der Waals surface area (Å²) in [5.41, 5.74) is 0.627. The Bertz CT molecular complexity index is 1110. The van der Waals surface area contributed by atoms with Crippen molar-refractivity contribution < 1.29 is 28.2 Å². The lowest BCUT2D eigenvalue weighted by molar-refractivity contribution is 0.0549. The molecule has 0 saturated carbocycles. The van der Waals surface area contributed by atoms with E-state index in [-0.39, 0.29) is 22.5 Å². The van der Waals surface area contributed by atoms with Crippen molar-refractivity contribution >= 4 is 11.9 Å². The first-order valence-corrected chi connectivity index (χ1v) is 10.1. The molecule has 7 nitrogen and oxygen atoms in total. The molecule has 2 aromatic carbocycles. The summed E-state index contributed by atoms with van der Waals surface area (Å²) >= 11 is 0. The van der Waals surface area contributed by atoms with E-state index in [1.54, 1.807) is 36.4 Å². The van der Waals surface area contributed by atoms with E-state index in [9.17, 15) is 14.0 Å². The number of carbonyl (C=O) groups excluding carboxylic acids is 2. The van der Waals surface area contributed by atoms with Crippen LogP contribution in [0, 0.1) is 11.7 Å². The van der Waals surface area contributed by atoms with Crippen molar-refractivity contribution in [2.45, 2.75) is 20.3 Å². The number of rotatable bonds is 8. The zero-order valence-electron chi connectivity index (χ0n) is 18.4. The van der Waals surface area contributed by atoms with Gasteiger partial charge >= 0.3 is 11.9 Å². The second kappa shape index (κ2) is 10.1. The minimum absolute atomic E-state index is 0.0781. The van der Waals surface area contributed by atoms with Crippen LogP contribution < -0.4 is 4.74 Å². The molecule has 0 atom stereocenters. The van der Waals surface area contributed by atoms with Gasteiger partial charge in [-0.05, 0) is 36.6 Å². The summed E-state index contributed by atoms with van der Waals surface area (Å²) < 4.78 is 31.2. The predicted octanol–water partition coefficient (Wildman–Crippen LogP) is 4.68. The molecular formula is C24H25FN2O5. The van der Waals surface area contributed by atoms with Gasteiger partial charge in [-0.15, -0.1) is 0 Å². The highest BCUT2D eigenvalue weighted by atomic mass is 19.1. The Morgan fingerprint density at radius 3 is 2.34 bits per heavy atom. The van der Waals surface area contributed by atoms with Crippen LogP contribution in [0.3, 0.4) is 0 Å². The lowest BCUT2D eigenvalue weighted by Gasteiger charge is -2.10. The summed E-state index contributed by atoms with van der Waals surface area (Å²) in [6, 6.07) is 12.8. The number of hydrogen-bond acceptors (Lipinski definition) is 6. The van der Waals surface area contributed by atoms with Crippen LogP contribution in [0.1, 0.15) is 41.1 Å². The number of halogens is 1. The fourth-order valence-corrected chi connectivity index (χ4v) is 3.15. The maximum absolute atomic E-state index is 14.4. The van der Waals surface area contributed by atoms with Crippen LogP contribution in [0.15, 0.2) is 48.5 Å². The van der Waals surface area contributed by atoms with Crippen LogP contribution in [0.25, 0.3) is 16.9 Å². The Kier molecular flexibility index (Phi) is 7.25. The van der Waals surface area contributed by atoms with Gasteiger partial charge in [-0.2, -0.15) is 5.10 Å². The first-order valence-electron chi connectivity index (χ1n) is 10.1. The molecule has 1 aromatic heterocycles. The molecule has 1 heterocycles. The minimum Gasteiger partial charge on any atom is -0.493 e. The zero-order chi connectivity index (χ0) is 23.3. The van der Waals surface area contributed by atoms with Gasteiger partial charge < -0.3 is 14.2 Å². The highest BCUT2D eigenvalue weighted by molar-refractivity contribution is 6.06. The molecule has 0 aliphatic carbocycles.